The number of carboxylic acids is 1. The quantitative estimate of drug-likeness (QED) is 0.795. The minimum Gasteiger partial charge on any atom is -0.478 e. The number of para-hydroxylation sites is 1. The Balaban J connectivity index is 2.34. The van der Waals surface area contributed by atoms with Crippen molar-refractivity contribution in [2.24, 2.45) is 0 Å². The lowest BCUT2D eigenvalue weighted by atomic mass is 10.1. The lowest BCUT2D eigenvalue weighted by Crippen LogP contribution is -2.16. The predicted molar refractivity (Wildman–Crippen MR) is 69.7 cm³/mol. The molecule has 0 bridgehead atoms. The number of rotatable bonds is 5. The molecule has 1 aromatic heterocycles. The van der Waals surface area contributed by atoms with Crippen LogP contribution in [0.5, 0.6) is 0 Å². The molecule has 18 heavy (non-hydrogen) atoms. The molecule has 0 atom stereocenters. The normalized spacial score (nSPS) is 10.7. The second-order valence-electron chi connectivity index (χ2n) is 4.26. The van der Waals surface area contributed by atoms with E-state index in [1.165, 1.54) is 0 Å². The van der Waals surface area contributed by atoms with Crippen LogP contribution in [0.25, 0.3) is 11.0 Å². The number of aromatic carboxylic acids is 1. The number of nitrogens with one attached hydrogen (secondary N) is 1. The van der Waals surface area contributed by atoms with E-state index in [1.807, 2.05) is 13.0 Å². The molecular formula is C14H15NO3. The average Bonchev–Trinajstić information content (AvgIpc) is 2.66. The third-order valence-electron chi connectivity index (χ3n) is 2.59. The van der Waals surface area contributed by atoms with Gasteiger partial charge in [0.1, 0.15) is 16.9 Å². The van der Waals surface area contributed by atoms with E-state index in [-0.39, 0.29) is 5.56 Å². The molecule has 0 unspecified atom stereocenters. The molecule has 0 fully saturated rings. The van der Waals surface area contributed by atoms with Crippen molar-refractivity contribution in [3.05, 3.63) is 47.7 Å². The third kappa shape index (κ3) is 2.43. The SMILES string of the molecule is C=C(C)CNCc1oc2ccccc2c1C(=O)O. The molecule has 4 heteroatoms. The summed E-state index contributed by atoms with van der Waals surface area (Å²) < 4.78 is 5.57. The molecule has 1 aromatic carbocycles. The van der Waals surface area contributed by atoms with Crippen LogP contribution >= 0.6 is 0 Å². The highest BCUT2D eigenvalue weighted by molar-refractivity contribution is 6.03. The molecule has 94 valence electrons. The summed E-state index contributed by atoms with van der Waals surface area (Å²) in [5, 5.41) is 13.0. The van der Waals surface area contributed by atoms with E-state index in [9.17, 15) is 9.90 Å². The van der Waals surface area contributed by atoms with E-state index in [0.29, 0.717) is 29.8 Å². The Morgan fingerprint density at radius 3 is 2.83 bits per heavy atom. The van der Waals surface area contributed by atoms with E-state index < -0.39 is 5.97 Å². The Bertz CT molecular complexity index is 598. The van der Waals surface area contributed by atoms with Crippen LogP contribution < -0.4 is 5.32 Å². The maximum absolute atomic E-state index is 11.3. The van der Waals surface area contributed by atoms with Gasteiger partial charge in [-0.05, 0) is 13.0 Å². The van der Waals surface area contributed by atoms with E-state index in [0.717, 1.165) is 5.57 Å². The monoisotopic (exact) mass is 245 g/mol. The van der Waals surface area contributed by atoms with Gasteiger partial charge in [0.25, 0.3) is 0 Å². The zero-order valence-electron chi connectivity index (χ0n) is 10.2. The first kappa shape index (κ1) is 12.4. The first-order valence-electron chi connectivity index (χ1n) is 5.68. The minimum atomic E-state index is -0.966. The Morgan fingerprint density at radius 2 is 2.17 bits per heavy atom. The molecule has 0 radical (unpaired) electrons. The van der Waals surface area contributed by atoms with Crippen LogP contribution in [0.4, 0.5) is 0 Å². The van der Waals surface area contributed by atoms with Gasteiger partial charge in [-0.3, -0.25) is 0 Å². The standard InChI is InChI=1S/C14H15NO3/c1-9(2)7-15-8-12-13(14(16)17)10-5-3-4-6-11(10)18-12/h3-6,15H,1,7-8H2,2H3,(H,16,17). The van der Waals surface area contributed by atoms with Gasteiger partial charge in [-0.1, -0.05) is 30.4 Å². The second-order valence-corrected chi connectivity index (χ2v) is 4.26. The van der Waals surface area contributed by atoms with Crippen LogP contribution in [-0.4, -0.2) is 17.6 Å². The average molecular weight is 245 g/mol. The number of carbonyl (C=O) groups is 1. The fourth-order valence-corrected chi connectivity index (χ4v) is 1.84. The summed E-state index contributed by atoms with van der Waals surface area (Å²) in [6.07, 6.45) is 0. The number of hydrogen-bond donors (Lipinski definition) is 2. The van der Waals surface area contributed by atoms with Crippen molar-refractivity contribution < 1.29 is 14.3 Å². The number of fused-ring (bicyclic) bond motifs is 1. The molecule has 0 saturated heterocycles. The number of carboxylic acid groups (broad SMARTS) is 1. The Morgan fingerprint density at radius 1 is 1.44 bits per heavy atom. The van der Waals surface area contributed by atoms with Gasteiger partial charge < -0.3 is 14.8 Å². The minimum absolute atomic E-state index is 0.236. The Hall–Kier alpha value is -2.07. The maximum atomic E-state index is 11.3. The molecule has 2 aromatic rings. The Kier molecular flexibility index (Phi) is 3.48. The Labute approximate surface area is 105 Å². The smallest absolute Gasteiger partial charge is 0.339 e. The zero-order chi connectivity index (χ0) is 13.1. The maximum Gasteiger partial charge on any atom is 0.339 e. The summed E-state index contributed by atoms with van der Waals surface area (Å²) >= 11 is 0. The van der Waals surface area contributed by atoms with Gasteiger partial charge in [0.2, 0.25) is 0 Å². The highest BCUT2D eigenvalue weighted by atomic mass is 16.4. The van der Waals surface area contributed by atoms with Crippen molar-refractivity contribution >= 4 is 16.9 Å². The van der Waals surface area contributed by atoms with Crippen LogP contribution in [0.15, 0.2) is 40.8 Å². The van der Waals surface area contributed by atoms with E-state index in [4.69, 9.17) is 4.42 Å². The molecule has 0 aliphatic heterocycles. The molecular weight excluding hydrogens is 230 g/mol. The van der Waals surface area contributed by atoms with Crippen molar-refractivity contribution in [3.8, 4) is 0 Å². The van der Waals surface area contributed by atoms with Gasteiger partial charge in [0, 0.05) is 11.9 Å². The summed E-state index contributed by atoms with van der Waals surface area (Å²) in [6.45, 7) is 6.70. The highest BCUT2D eigenvalue weighted by Gasteiger charge is 2.19. The molecule has 0 aliphatic carbocycles. The fourth-order valence-electron chi connectivity index (χ4n) is 1.84. The summed E-state index contributed by atoms with van der Waals surface area (Å²) in [7, 11) is 0. The molecule has 2 N–H and O–H groups in total. The molecule has 0 saturated carbocycles. The molecule has 2 rings (SSSR count). The second kappa shape index (κ2) is 5.06. The van der Waals surface area contributed by atoms with E-state index in [2.05, 4.69) is 11.9 Å². The molecule has 0 amide bonds. The van der Waals surface area contributed by atoms with Crippen molar-refractivity contribution in [2.75, 3.05) is 6.54 Å². The van der Waals surface area contributed by atoms with Crippen LogP contribution in [0.3, 0.4) is 0 Å². The summed E-state index contributed by atoms with van der Waals surface area (Å²) in [4.78, 5) is 11.3. The van der Waals surface area contributed by atoms with Crippen molar-refractivity contribution in [3.63, 3.8) is 0 Å². The first-order valence-corrected chi connectivity index (χ1v) is 5.68. The summed E-state index contributed by atoms with van der Waals surface area (Å²) in [5.74, 6) is -0.517. The molecule has 4 nitrogen and oxygen atoms in total. The largest absolute Gasteiger partial charge is 0.478 e. The first-order chi connectivity index (χ1) is 8.59. The van der Waals surface area contributed by atoms with Crippen LogP contribution in [-0.2, 0) is 6.54 Å². The number of benzene rings is 1. The molecule has 0 aliphatic rings. The lowest BCUT2D eigenvalue weighted by molar-refractivity contribution is 0.0696. The van der Waals surface area contributed by atoms with Gasteiger partial charge in [0.15, 0.2) is 0 Å². The molecule has 1 heterocycles. The van der Waals surface area contributed by atoms with Crippen molar-refractivity contribution in [1.82, 2.24) is 5.32 Å². The number of hydrogen-bond acceptors (Lipinski definition) is 3. The molecule has 0 spiro atoms. The van der Waals surface area contributed by atoms with E-state index >= 15 is 0 Å². The summed E-state index contributed by atoms with van der Waals surface area (Å²) in [6, 6.07) is 7.15. The van der Waals surface area contributed by atoms with Gasteiger partial charge in [-0.15, -0.1) is 0 Å². The van der Waals surface area contributed by atoms with Crippen LogP contribution in [0.2, 0.25) is 0 Å². The fraction of sp³-hybridized carbons (Fsp3) is 0.214. The number of furan rings is 1. The van der Waals surface area contributed by atoms with Gasteiger partial charge >= 0.3 is 5.97 Å². The predicted octanol–water partition coefficient (Wildman–Crippen LogP) is 2.80. The van der Waals surface area contributed by atoms with Gasteiger partial charge in [-0.25, -0.2) is 4.79 Å². The highest BCUT2D eigenvalue weighted by Crippen LogP contribution is 2.25. The zero-order valence-corrected chi connectivity index (χ0v) is 10.2. The van der Waals surface area contributed by atoms with Crippen molar-refractivity contribution in [2.45, 2.75) is 13.5 Å². The topological polar surface area (TPSA) is 62.5 Å². The lowest BCUT2D eigenvalue weighted by Gasteiger charge is -2.02. The summed E-state index contributed by atoms with van der Waals surface area (Å²) in [5.41, 5.74) is 1.82. The van der Waals surface area contributed by atoms with Gasteiger partial charge in [-0.2, -0.15) is 0 Å². The van der Waals surface area contributed by atoms with E-state index in [1.54, 1.807) is 18.2 Å². The van der Waals surface area contributed by atoms with Crippen LogP contribution in [0, 0.1) is 0 Å². The van der Waals surface area contributed by atoms with Gasteiger partial charge in [0.05, 0.1) is 6.54 Å². The van der Waals surface area contributed by atoms with Crippen LogP contribution in [0.1, 0.15) is 23.0 Å². The third-order valence-corrected chi connectivity index (χ3v) is 2.59. The van der Waals surface area contributed by atoms with Crippen molar-refractivity contribution in [1.29, 1.82) is 0 Å².